The summed E-state index contributed by atoms with van der Waals surface area (Å²) < 4.78 is 1.04. The molecule has 1 heterocycles. The van der Waals surface area contributed by atoms with Crippen LogP contribution in [0.4, 0.5) is 5.69 Å². The summed E-state index contributed by atoms with van der Waals surface area (Å²) in [5, 5.41) is 22.0. The van der Waals surface area contributed by atoms with Crippen molar-refractivity contribution in [2.45, 2.75) is 26.4 Å². The summed E-state index contributed by atoms with van der Waals surface area (Å²) >= 11 is 0. The predicted molar refractivity (Wildman–Crippen MR) is 61.3 cm³/mol. The summed E-state index contributed by atoms with van der Waals surface area (Å²) in [5.41, 5.74) is -0.648. The molecule has 2 N–H and O–H groups in total. The number of hydrogen-bond acceptors (Lipinski definition) is 4. The first kappa shape index (κ1) is 13.7. The third-order valence-electron chi connectivity index (χ3n) is 2.08. The van der Waals surface area contributed by atoms with Crippen LogP contribution in [0.25, 0.3) is 0 Å². The zero-order valence-electron chi connectivity index (χ0n) is 9.91. The van der Waals surface area contributed by atoms with Gasteiger partial charge in [0.1, 0.15) is 12.2 Å². The quantitative estimate of drug-likeness (QED) is 0.591. The van der Waals surface area contributed by atoms with Crippen molar-refractivity contribution in [1.82, 2.24) is 9.88 Å². The van der Waals surface area contributed by atoms with Crippen LogP contribution in [0.1, 0.15) is 24.3 Å². The summed E-state index contributed by atoms with van der Waals surface area (Å²) in [5.74, 6) is -1.72. The van der Waals surface area contributed by atoms with Gasteiger partial charge < -0.3 is 15.0 Å². The van der Waals surface area contributed by atoms with Crippen molar-refractivity contribution in [3.05, 3.63) is 28.1 Å². The molecule has 0 aliphatic carbocycles. The molecule has 0 saturated heterocycles. The molecule has 8 nitrogen and oxygen atoms in total. The second-order valence-electron chi connectivity index (χ2n) is 4.00. The second-order valence-corrected chi connectivity index (χ2v) is 4.00. The Hall–Kier alpha value is -2.38. The number of rotatable bonds is 5. The van der Waals surface area contributed by atoms with E-state index in [0.717, 1.165) is 16.8 Å². The molecule has 0 aliphatic rings. The van der Waals surface area contributed by atoms with Crippen LogP contribution >= 0.6 is 0 Å². The van der Waals surface area contributed by atoms with Crippen LogP contribution in [0.5, 0.6) is 0 Å². The Morgan fingerprint density at radius 3 is 2.61 bits per heavy atom. The van der Waals surface area contributed by atoms with Crippen LogP contribution < -0.4 is 5.32 Å². The number of nitrogens with zero attached hydrogens (tertiary/aromatic N) is 2. The molecule has 0 aromatic carbocycles. The van der Waals surface area contributed by atoms with E-state index in [9.17, 15) is 19.7 Å². The van der Waals surface area contributed by atoms with Crippen LogP contribution in [-0.2, 0) is 11.3 Å². The van der Waals surface area contributed by atoms with Crippen LogP contribution in [0.2, 0.25) is 0 Å². The number of aromatic nitrogens is 1. The van der Waals surface area contributed by atoms with Crippen molar-refractivity contribution < 1.29 is 19.6 Å². The van der Waals surface area contributed by atoms with Gasteiger partial charge in [0.25, 0.3) is 5.69 Å². The van der Waals surface area contributed by atoms with Gasteiger partial charge in [-0.2, -0.15) is 0 Å². The van der Waals surface area contributed by atoms with E-state index in [-0.39, 0.29) is 24.0 Å². The summed E-state index contributed by atoms with van der Waals surface area (Å²) in [6.07, 6.45) is 1.03. The van der Waals surface area contributed by atoms with E-state index in [2.05, 4.69) is 5.32 Å². The van der Waals surface area contributed by atoms with E-state index in [1.165, 1.54) is 0 Å². The van der Waals surface area contributed by atoms with Gasteiger partial charge in [0, 0.05) is 12.1 Å². The van der Waals surface area contributed by atoms with Gasteiger partial charge >= 0.3 is 5.97 Å². The molecule has 0 unspecified atom stereocenters. The maximum absolute atomic E-state index is 11.5. The highest BCUT2D eigenvalue weighted by molar-refractivity contribution is 5.88. The lowest BCUT2D eigenvalue weighted by atomic mass is 10.4. The van der Waals surface area contributed by atoms with Crippen LogP contribution in [0, 0.1) is 10.1 Å². The van der Waals surface area contributed by atoms with Gasteiger partial charge in [0.2, 0.25) is 5.91 Å². The van der Waals surface area contributed by atoms with Gasteiger partial charge in [0.05, 0.1) is 11.1 Å². The fourth-order valence-electron chi connectivity index (χ4n) is 1.43. The number of carbonyl (C=O) groups is 2. The Bertz CT molecular complexity index is 492. The third kappa shape index (κ3) is 3.30. The standard InChI is InChI=1S/C10H13N3O5/c1-6(2)11-9(14)5-12-4-7(13(17)18)3-8(12)10(15)16/h3-4,6H,5H2,1-2H3,(H,11,14)(H,15,16). The molecule has 1 rings (SSSR count). The van der Waals surface area contributed by atoms with Crippen molar-refractivity contribution in [3.8, 4) is 0 Å². The molecule has 98 valence electrons. The number of carboxylic acids is 1. The number of nitrogens with one attached hydrogen (secondary N) is 1. The Balaban J connectivity index is 2.96. The molecule has 0 bridgehead atoms. The van der Waals surface area contributed by atoms with E-state index in [4.69, 9.17) is 5.11 Å². The van der Waals surface area contributed by atoms with Crippen molar-refractivity contribution >= 4 is 17.6 Å². The van der Waals surface area contributed by atoms with E-state index in [1.54, 1.807) is 13.8 Å². The Morgan fingerprint density at radius 1 is 1.56 bits per heavy atom. The fourth-order valence-corrected chi connectivity index (χ4v) is 1.43. The van der Waals surface area contributed by atoms with Gasteiger partial charge in [-0.1, -0.05) is 0 Å². The van der Waals surface area contributed by atoms with Crippen LogP contribution in [0.15, 0.2) is 12.3 Å². The van der Waals surface area contributed by atoms with Gasteiger partial charge in [-0.05, 0) is 13.8 Å². The molecule has 0 spiro atoms. The lowest BCUT2D eigenvalue weighted by molar-refractivity contribution is -0.384. The number of hydrogen-bond donors (Lipinski definition) is 2. The van der Waals surface area contributed by atoms with Crippen molar-refractivity contribution in [2.75, 3.05) is 0 Å². The van der Waals surface area contributed by atoms with Gasteiger partial charge in [-0.25, -0.2) is 4.79 Å². The molecular formula is C10H13N3O5. The highest BCUT2D eigenvalue weighted by Gasteiger charge is 2.20. The fraction of sp³-hybridized carbons (Fsp3) is 0.400. The molecule has 18 heavy (non-hydrogen) atoms. The van der Waals surface area contributed by atoms with Gasteiger partial charge in [-0.3, -0.25) is 14.9 Å². The number of carboxylic acid groups (broad SMARTS) is 1. The zero-order chi connectivity index (χ0) is 13.9. The maximum atomic E-state index is 11.5. The summed E-state index contributed by atoms with van der Waals surface area (Å²) in [4.78, 5) is 32.2. The molecule has 0 radical (unpaired) electrons. The average molecular weight is 255 g/mol. The second kappa shape index (κ2) is 5.30. The van der Waals surface area contributed by atoms with E-state index in [1.807, 2.05) is 0 Å². The van der Waals surface area contributed by atoms with Crippen molar-refractivity contribution in [3.63, 3.8) is 0 Å². The smallest absolute Gasteiger partial charge is 0.352 e. The molecule has 1 aromatic heterocycles. The Labute approximate surface area is 102 Å². The van der Waals surface area contributed by atoms with Gasteiger partial charge in [0.15, 0.2) is 0 Å². The minimum absolute atomic E-state index is 0.0867. The first-order valence-corrected chi connectivity index (χ1v) is 5.18. The van der Waals surface area contributed by atoms with Crippen molar-refractivity contribution in [2.24, 2.45) is 0 Å². The number of amides is 1. The number of aromatic carboxylic acids is 1. The molecular weight excluding hydrogens is 242 g/mol. The maximum Gasteiger partial charge on any atom is 0.352 e. The van der Waals surface area contributed by atoms with Gasteiger partial charge in [-0.15, -0.1) is 0 Å². The van der Waals surface area contributed by atoms with Crippen LogP contribution in [-0.4, -0.2) is 32.5 Å². The minimum Gasteiger partial charge on any atom is -0.477 e. The first-order chi connectivity index (χ1) is 8.31. The molecule has 0 aliphatic heterocycles. The number of nitro groups is 1. The molecule has 0 fully saturated rings. The lowest BCUT2D eigenvalue weighted by Gasteiger charge is -2.09. The SMILES string of the molecule is CC(C)NC(=O)Cn1cc([N+](=O)[O-])cc1C(=O)O. The molecule has 1 aromatic rings. The highest BCUT2D eigenvalue weighted by Crippen LogP contribution is 2.16. The monoisotopic (exact) mass is 255 g/mol. The lowest BCUT2D eigenvalue weighted by Crippen LogP contribution is -2.33. The molecule has 1 amide bonds. The third-order valence-corrected chi connectivity index (χ3v) is 2.08. The first-order valence-electron chi connectivity index (χ1n) is 5.18. The Kier molecular flexibility index (Phi) is 4.03. The summed E-state index contributed by atoms with van der Waals surface area (Å²) in [6, 6.07) is 0.835. The molecule has 0 saturated carbocycles. The normalized spacial score (nSPS) is 10.4. The van der Waals surface area contributed by atoms with Crippen LogP contribution in [0.3, 0.4) is 0 Å². The average Bonchev–Trinajstić information content (AvgIpc) is 2.60. The minimum atomic E-state index is -1.32. The van der Waals surface area contributed by atoms with E-state index in [0.29, 0.717) is 0 Å². The predicted octanol–water partition coefficient (Wildman–Crippen LogP) is 0.619. The largest absolute Gasteiger partial charge is 0.477 e. The number of carbonyl (C=O) groups excluding carboxylic acids is 1. The molecule has 8 heteroatoms. The zero-order valence-corrected chi connectivity index (χ0v) is 9.91. The Morgan fingerprint density at radius 2 is 2.17 bits per heavy atom. The summed E-state index contributed by atoms with van der Waals surface area (Å²) in [7, 11) is 0. The van der Waals surface area contributed by atoms with Crippen molar-refractivity contribution in [1.29, 1.82) is 0 Å². The summed E-state index contributed by atoms with van der Waals surface area (Å²) in [6.45, 7) is 3.25. The molecule has 0 atom stereocenters. The van der Waals surface area contributed by atoms with E-state index >= 15 is 0 Å². The topological polar surface area (TPSA) is 114 Å². The van der Waals surface area contributed by atoms with E-state index < -0.39 is 16.8 Å². The highest BCUT2D eigenvalue weighted by atomic mass is 16.6.